The third-order valence-electron chi connectivity index (χ3n) is 4.91. The molecule has 1 N–H and O–H groups in total. The lowest BCUT2D eigenvalue weighted by molar-refractivity contribution is -0.137. The lowest BCUT2D eigenvalue weighted by atomic mass is 10.2. The molecule has 1 aromatic heterocycles. The van der Waals surface area contributed by atoms with Crippen LogP contribution >= 0.6 is 0 Å². The predicted molar refractivity (Wildman–Crippen MR) is 112 cm³/mol. The summed E-state index contributed by atoms with van der Waals surface area (Å²) < 4.78 is 77.1. The minimum Gasteiger partial charge on any atom is -0.490 e. The summed E-state index contributed by atoms with van der Waals surface area (Å²) in [7, 11) is -4.21. The first-order valence-corrected chi connectivity index (χ1v) is 11.1. The normalized spacial score (nSPS) is 15.4. The third kappa shape index (κ3) is 4.38. The highest BCUT2D eigenvalue weighted by molar-refractivity contribution is 7.93. The van der Waals surface area contributed by atoms with Gasteiger partial charge in [-0.2, -0.15) is 13.2 Å². The van der Waals surface area contributed by atoms with Gasteiger partial charge in [0.05, 0.1) is 23.5 Å². The van der Waals surface area contributed by atoms with Gasteiger partial charge in [0, 0.05) is 12.6 Å². The summed E-state index contributed by atoms with van der Waals surface area (Å²) in [5.41, 5.74) is -0.294. The molecule has 0 saturated heterocycles. The summed E-state index contributed by atoms with van der Waals surface area (Å²) in [5, 5.41) is 2.56. The van der Waals surface area contributed by atoms with E-state index in [2.05, 4.69) is 10.3 Å². The van der Waals surface area contributed by atoms with Crippen LogP contribution in [0.15, 0.2) is 51.8 Å². The number of aromatic nitrogens is 1. The van der Waals surface area contributed by atoms with Gasteiger partial charge >= 0.3 is 6.18 Å². The number of anilines is 2. The van der Waals surface area contributed by atoms with Crippen molar-refractivity contribution in [2.45, 2.75) is 24.9 Å². The minimum absolute atomic E-state index is 0.00655. The molecule has 0 bridgehead atoms. The van der Waals surface area contributed by atoms with E-state index in [9.17, 15) is 26.4 Å². The summed E-state index contributed by atoms with van der Waals surface area (Å²) in [5.74, 6) is -0.246. The Labute approximate surface area is 187 Å². The van der Waals surface area contributed by atoms with Crippen molar-refractivity contribution in [2.75, 3.05) is 22.8 Å². The summed E-state index contributed by atoms with van der Waals surface area (Å²) >= 11 is 0. The Kier molecular flexibility index (Phi) is 5.56. The molecule has 0 saturated carbocycles. The molecular formula is C21H18F3N3O5S. The number of amides is 1. The molecule has 8 nitrogen and oxygen atoms in total. The van der Waals surface area contributed by atoms with Gasteiger partial charge < -0.3 is 14.5 Å². The SMILES string of the molecule is Cc1nc(C)c(C(=O)Nc2ccc3c(c2)S(=O)(=O)N(c2ccc(C(F)(F)F)cc2)CCO3)o1. The second-order valence-corrected chi connectivity index (χ2v) is 9.06. The van der Waals surface area contributed by atoms with Gasteiger partial charge in [-0.25, -0.2) is 13.4 Å². The van der Waals surface area contributed by atoms with Crippen LogP contribution in [0.5, 0.6) is 5.75 Å². The van der Waals surface area contributed by atoms with Gasteiger partial charge in [-0.3, -0.25) is 9.10 Å². The van der Waals surface area contributed by atoms with E-state index in [4.69, 9.17) is 9.15 Å². The zero-order valence-corrected chi connectivity index (χ0v) is 18.2. The van der Waals surface area contributed by atoms with E-state index in [0.29, 0.717) is 11.6 Å². The van der Waals surface area contributed by atoms with Crippen molar-refractivity contribution < 1.29 is 35.5 Å². The molecule has 0 aliphatic carbocycles. The number of sulfonamides is 1. The van der Waals surface area contributed by atoms with Crippen LogP contribution in [0.1, 0.15) is 27.7 Å². The summed E-state index contributed by atoms with van der Waals surface area (Å²) in [6, 6.07) is 7.91. The van der Waals surface area contributed by atoms with Crippen molar-refractivity contribution in [3.63, 3.8) is 0 Å². The third-order valence-corrected chi connectivity index (χ3v) is 6.76. The molecule has 3 aromatic rings. The quantitative estimate of drug-likeness (QED) is 0.603. The molecule has 2 heterocycles. The zero-order chi connectivity index (χ0) is 24.0. The number of nitrogens with zero attached hydrogens (tertiary/aromatic N) is 2. The number of alkyl halides is 3. The van der Waals surface area contributed by atoms with Gasteiger partial charge in [-0.05, 0) is 49.4 Å². The molecule has 0 atom stereocenters. The Morgan fingerprint density at radius 1 is 1.12 bits per heavy atom. The predicted octanol–water partition coefficient (Wildman–Crippen LogP) is 4.15. The average Bonchev–Trinajstić information content (AvgIpc) is 3.02. The molecule has 0 spiro atoms. The number of carbonyl (C=O) groups is 1. The number of hydrogen-bond acceptors (Lipinski definition) is 6. The highest BCUT2D eigenvalue weighted by atomic mass is 32.2. The Morgan fingerprint density at radius 2 is 1.82 bits per heavy atom. The van der Waals surface area contributed by atoms with E-state index in [1.54, 1.807) is 13.8 Å². The second-order valence-electron chi connectivity index (χ2n) is 7.23. The van der Waals surface area contributed by atoms with Crippen molar-refractivity contribution in [3.05, 3.63) is 65.4 Å². The van der Waals surface area contributed by atoms with Crippen LogP contribution in [0.4, 0.5) is 24.5 Å². The van der Waals surface area contributed by atoms with Crippen LogP contribution in [0.3, 0.4) is 0 Å². The van der Waals surface area contributed by atoms with Gasteiger partial charge in [0.15, 0.2) is 5.89 Å². The lowest BCUT2D eigenvalue weighted by Gasteiger charge is -2.22. The van der Waals surface area contributed by atoms with Crippen molar-refractivity contribution in [2.24, 2.45) is 0 Å². The number of fused-ring (bicyclic) bond motifs is 1. The molecule has 1 amide bonds. The fraction of sp³-hybridized carbons (Fsp3) is 0.238. The fourth-order valence-corrected chi connectivity index (χ4v) is 5.01. The van der Waals surface area contributed by atoms with Crippen molar-refractivity contribution in [3.8, 4) is 5.75 Å². The monoisotopic (exact) mass is 481 g/mol. The van der Waals surface area contributed by atoms with E-state index in [-0.39, 0.29) is 40.9 Å². The number of hydrogen-bond donors (Lipinski definition) is 1. The van der Waals surface area contributed by atoms with E-state index in [0.717, 1.165) is 28.6 Å². The molecule has 1 aliphatic heterocycles. The van der Waals surface area contributed by atoms with Crippen LogP contribution in [0.25, 0.3) is 0 Å². The van der Waals surface area contributed by atoms with Crippen LogP contribution < -0.4 is 14.4 Å². The molecule has 1 aliphatic rings. The molecule has 0 radical (unpaired) electrons. The standard InChI is InChI=1S/C21H18F3N3O5S/c1-12-19(32-13(2)25-12)20(28)26-15-5-8-17-18(11-15)33(29,30)27(9-10-31-17)16-6-3-14(4-7-16)21(22,23)24/h3-8,11H,9-10H2,1-2H3,(H,26,28). The van der Waals surface area contributed by atoms with Crippen LogP contribution in [0, 0.1) is 13.8 Å². The maximum absolute atomic E-state index is 13.4. The molecule has 12 heteroatoms. The number of rotatable bonds is 3. The highest BCUT2D eigenvalue weighted by Crippen LogP contribution is 2.36. The molecule has 4 rings (SSSR count). The van der Waals surface area contributed by atoms with E-state index in [1.165, 1.54) is 18.2 Å². The lowest BCUT2D eigenvalue weighted by Crippen LogP contribution is -2.32. The van der Waals surface area contributed by atoms with Crippen LogP contribution in [-0.4, -0.2) is 32.5 Å². The Hall–Kier alpha value is -3.54. The Balaban J connectivity index is 1.67. The fourth-order valence-electron chi connectivity index (χ4n) is 3.40. The van der Waals surface area contributed by atoms with E-state index >= 15 is 0 Å². The molecular weight excluding hydrogens is 463 g/mol. The van der Waals surface area contributed by atoms with Crippen molar-refractivity contribution in [1.82, 2.24) is 4.98 Å². The van der Waals surface area contributed by atoms with E-state index < -0.39 is 27.7 Å². The smallest absolute Gasteiger partial charge is 0.416 e. The van der Waals surface area contributed by atoms with Crippen LogP contribution in [-0.2, 0) is 16.2 Å². The first kappa shape index (κ1) is 22.6. The van der Waals surface area contributed by atoms with Gasteiger partial charge in [0.1, 0.15) is 17.3 Å². The van der Waals surface area contributed by atoms with Crippen molar-refractivity contribution >= 4 is 27.3 Å². The Morgan fingerprint density at radius 3 is 2.42 bits per heavy atom. The van der Waals surface area contributed by atoms with Gasteiger partial charge in [-0.1, -0.05) is 0 Å². The summed E-state index contributed by atoms with van der Waals surface area (Å²) in [6.07, 6.45) is -4.54. The average molecular weight is 481 g/mol. The molecule has 174 valence electrons. The highest BCUT2D eigenvalue weighted by Gasteiger charge is 2.34. The largest absolute Gasteiger partial charge is 0.490 e. The first-order valence-electron chi connectivity index (χ1n) is 9.69. The second kappa shape index (κ2) is 8.10. The summed E-state index contributed by atoms with van der Waals surface area (Å²) in [6.45, 7) is 3.06. The number of aryl methyl sites for hydroxylation is 2. The van der Waals surface area contributed by atoms with Crippen LogP contribution in [0.2, 0.25) is 0 Å². The molecule has 0 unspecified atom stereocenters. The first-order chi connectivity index (χ1) is 15.5. The molecule has 2 aromatic carbocycles. The van der Waals surface area contributed by atoms with Gasteiger partial charge in [0.2, 0.25) is 5.76 Å². The summed E-state index contributed by atoms with van der Waals surface area (Å²) in [4.78, 5) is 16.3. The minimum atomic E-state index is -4.54. The molecule has 0 fully saturated rings. The van der Waals surface area contributed by atoms with Gasteiger partial charge in [0.25, 0.3) is 15.9 Å². The number of ether oxygens (including phenoxy) is 1. The Bertz CT molecular complexity index is 1320. The maximum Gasteiger partial charge on any atom is 0.416 e. The van der Waals surface area contributed by atoms with Crippen molar-refractivity contribution in [1.29, 1.82) is 0 Å². The molecule has 33 heavy (non-hydrogen) atoms. The number of nitrogens with one attached hydrogen (secondary N) is 1. The maximum atomic E-state index is 13.4. The number of oxazole rings is 1. The van der Waals surface area contributed by atoms with Gasteiger partial charge in [-0.15, -0.1) is 0 Å². The van der Waals surface area contributed by atoms with E-state index in [1.807, 2.05) is 0 Å². The topological polar surface area (TPSA) is 102 Å². The number of carbonyl (C=O) groups excluding carboxylic acids is 1. The zero-order valence-electron chi connectivity index (χ0n) is 17.4. The number of halogens is 3. The number of benzene rings is 2.